The quantitative estimate of drug-likeness (QED) is 0.345. The maximum Gasteiger partial charge on any atom is 0.255 e. The molecule has 0 aliphatic carbocycles. The molecule has 1 fully saturated rings. The molecule has 5 aromatic rings. The number of aryl methyl sites for hydroxylation is 1. The Morgan fingerprint density at radius 2 is 2.00 bits per heavy atom. The molecule has 0 unspecified atom stereocenters. The maximum absolute atomic E-state index is 4.85. The molecule has 5 heterocycles. The minimum Gasteiger partial charge on any atom is -0.354 e. The van der Waals surface area contributed by atoms with E-state index in [2.05, 4.69) is 74.0 Å². The van der Waals surface area contributed by atoms with Crippen molar-refractivity contribution in [2.45, 2.75) is 37.2 Å². The molecule has 2 atom stereocenters. The van der Waals surface area contributed by atoms with Gasteiger partial charge in [-0.3, -0.25) is 0 Å². The number of thioether (sulfide) groups is 1. The molecule has 0 saturated carbocycles. The van der Waals surface area contributed by atoms with Gasteiger partial charge in [0.15, 0.2) is 0 Å². The number of hydrogen-bond donors (Lipinski definition) is 1. The van der Waals surface area contributed by atoms with Gasteiger partial charge in [-0.1, -0.05) is 49.0 Å². The van der Waals surface area contributed by atoms with Crippen LogP contribution >= 0.6 is 11.8 Å². The number of H-pyrrole nitrogens is 1. The number of piperidine rings is 1. The van der Waals surface area contributed by atoms with Gasteiger partial charge in [0.2, 0.25) is 5.16 Å². The van der Waals surface area contributed by atoms with Crippen molar-refractivity contribution in [2.75, 3.05) is 29.9 Å². The number of benzene rings is 1. The Hall–Kier alpha value is -3.66. The van der Waals surface area contributed by atoms with Gasteiger partial charge in [0.05, 0.1) is 11.4 Å². The summed E-state index contributed by atoms with van der Waals surface area (Å²) in [6.45, 7) is 6.17. The van der Waals surface area contributed by atoms with E-state index in [4.69, 9.17) is 10.1 Å². The summed E-state index contributed by atoms with van der Waals surface area (Å²) in [5.41, 5.74) is 3.06. The lowest BCUT2D eigenvalue weighted by atomic mass is 9.92. The minimum atomic E-state index is 0.283. The third-order valence-electron chi connectivity index (χ3n) is 7.02. The summed E-state index contributed by atoms with van der Waals surface area (Å²) in [6, 6.07) is 14.9. The molecular weight excluding hydrogens is 470 g/mol. The number of nitrogens with one attached hydrogen (secondary N) is 1. The SMILES string of the molecule is Cc1cc(N2CC[C@@H](C)[C@@H](N(C)c3ncnc4[nH]ccc34)C2)n2nc(SCc3ccccc3)nc2n1. The first-order valence-corrected chi connectivity index (χ1v) is 13.2. The van der Waals surface area contributed by atoms with Crippen LogP contribution in [-0.4, -0.2) is 60.7 Å². The molecule has 0 spiro atoms. The Kier molecular flexibility index (Phi) is 5.96. The van der Waals surface area contributed by atoms with Gasteiger partial charge in [-0.05, 0) is 30.9 Å². The van der Waals surface area contributed by atoms with Crippen molar-refractivity contribution in [3.8, 4) is 0 Å². The van der Waals surface area contributed by atoms with Crippen LogP contribution in [0.5, 0.6) is 0 Å². The van der Waals surface area contributed by atoms with Gasteiger partial charge in [-0.2, -0.15) is 9.50 Å². The minimum absolute atomic E-state index is 0.283. The van der Waals surface area contributed by atoms with E-state index in [9.17, 15) is 0 Å². The van der Waals surface area contributed by atoms with Gasteiger partial charge in [0.25, 0.3) is 5.78 Å². The van der Waals surface area contributed by atoms with Crippen LogP contribution in [0.3, 0.4) is 0 Å². The predicted octanol–water partition coefficient (Wildman–Crippen LogP) is 4.35. The number of rotatable bonds is 6. The van der Waals surface area contributed by atoms with Crippen LogP contribution in [0.2, 0.25) is 0 Å². The van der Waals surface area contributed by atoms with E-state index in [0.29, 0.717) is 11.7 Å². The molecule has 0 bridgehead atoms. The average Bonchev–Trinajstić information content (AvgIpc) is 3.54. The number of aromatic nitrogens is 7. The first kappa shape index (κ1) is 22.8. The highest BCUT2D eigenvalue weighted by Crippen LogP contribution is 2.31. The predicted molar refractivity (Wildman–Crippen MR) is 144 cm³/mol. The van der Waals surface area contributed by atoms with Crippen LogP contribution in [-0.2, 0) is 5.75 Å². The third kappa shape index (κ3) is 4.26. The average molecular weight is 500 g/mol. The van der Waals surface area contributed by atoms with E-state index in [-0.39, 0.29) is 6.04 Å². The summed E-state index contributed by atoms with van der Waals surface area (Å²) >= 11 is 1.64. The fraction of sp³-hybridized carbons (Fsp3) is 0.346. The molecule has 36 heavy (non-hydrogen) atoms. The molecule has 1 aliphatic rings. The Morgan fingerprint density at radius 1 is 1.14 bits per heavy atom. The first-order valence-electron chi connectivity index (χ1n) is 12.2. The normalized spacial score (nSPS) is 18.2. The summed E-state index contributed by atoms with van der Waals surface area (Å²) in [6.07, 6.45) is 4.63. The van der Waals surface area contributed by atoms with E-state index in [0.717, 1.165) is 58.8 Å². The van der Waals surface area contributed by atoms with Gasteiger partial charge >= 0.3 is 0 Å². The van der Waals surface area contributed by atoms with Gasteiger partial charge in [-0.25, -0.2) is 15.0 Å². The van der Waals surface area contributed by atoms with Gasteiger partial charge in [0, 0.05) is 43.8 Å². The topological polar surface area (TPSA) is 91.1 Å². The van der Waals surface area contributed by atoms with Gasteiger partial charge in [-0.15, -0.1) is 5.10 Å². The highest BCUT2D eigenvalue weighted by atomic mass is 32.2. The van der Waals surface area contributed by atoms with Crippen molar-refractivity contribution in [2.24, 2.45) is 5.92 Å². The fourth-order valence-electron chi connectivity index (χ4n) is 5.02. The van der Waals surface area contributed by atoms with Crippen LogP contribution in [0.15, 0.2) is 60.1 Å². The van der Waals surface area contributed by atoms with E-state index >= 15 is 0 Å². The Balaban J connectivity index is 1.28. The van der Waals surface area contributed by atoms with Crippen molar-refractivity contribution in [1.82, 2.24) is 34.5 Å². The smallest absolute Gasteiger partial charge is 0.255 e. The molecule has 0 amide bonds. The molecule has 1 N–H and O–H groups in total. The van der Waals surface area contributed by atoms with Gasteiger partial charge in [0.1, 0.15) is 23.6 Å². The zero-order valence-electron chi connectivity index (χ0n) is 20.7. The van der Waals surface area contributed by atoms with Crippen LogP contribution in [0.1, 0.15) is 24.6 Å². The fourth-order valence-corrected chi connectivity index (χ4v) is 5.79. The molecule has 4 aromatic heterocycles. The summed E-state index contributed by atoms with van der Waals surface area (Å²) in [7, 11) is 2.14. The first-order chi connectivity index (χ1) is 17.6. The molecule has 1 aliphatic heterocycles. The molecule has 1 saturated heterocycles. The molecule has 9 nitrogen and oxygen atoms in total. The van der Waals surface area contributed by atoms with E-state index in [1.807, 2.05) is 29.8 Å². The van der Waals surface area contributed by atoms with Crippen LogP contribution in [0.25, 0.3) is 16.8 Å². The second-order valence-electron chi connectivity index (χ2n) is 9.46. The largest absolute Gasteiger partial charge is 0.354 e. The molecule has 1 aromatic carbocycles. The summed E-state index contributed by atoms with van der Waals surface area (Å²) < 4.78 is 1.91. The summed E-state index contributed by atoms with van der Waals surface area (Å²) in [4.78, 5) is 26.3. The molecule has 6 rings (SSSR count). The Labute approximate surface area is 214 Å². The maximum atomic E-state index is 4.85. The Morgan fingerprint density at radius 3 is 2.86 bits per heavy atom. The third-order valence-corrected chi connectivity index (χ3v) is 7.93. The van der Waals surface area contributed by atoms with E-state index < -0.39 is 0 Å². The lowest BCUT2D eigenvalue weighted by molar-refractivity contribution is 0.365. The van der Waals surface area contributed by atoms with E-state index in [1.54, 1.807) is 18.1 Å². The monoisotopic (exact) mass is 499 g/mol. The second kappa shape index (κ2) is 9.42. The number of fused-ring (bicyclic) bond motifs is 2. The van der Waals surface area contributed by atoms with Crippen molar-refractivity contribution in [3.05, 3.63) is 66.2 Å². The van der Waals surface area contributed by atoms with E-state index in [1.165, 1.54) is 5.56 Å². The summed E-state index contributed by atoms with van der Waals surface area (Å²) in [5.74, 6) is 3.98. The van der Waals surface area contributed by atoms with Crippen molar-refractivity contribution in [1.29, 1.82) is 0 Å². The highest BCUT2D eigenvalue weighted by molar-refractivity contribution is 7.98. The van der Waals surface area contributed by atoms with Crippen molar-refractivity contribution >= 4 is 40.2 Å². The number of likely N-dealkylation sites (N-methyl/N-ethyl adjacent to an activating group) is 1. The zero-order valence-corrected chi connectivity index (χ0v) is 21.5. The van der Waals surface area contributed by atoms with Crippen molar-refractivity contribution in [3.63, 3.8) is 0 Å². The van der Waals surface area contributed by atoms with Gasteiger partial charge < -0.3 is 14.8 Å². The molecule has 184 valence electrons. The molecular formula is C26H29N9S. The molecule has 10 heteroatoms. The number of nitrogens with zero attached hydrogens (tertiary/aromatic N) is 8. The second-order valence-corrected chi connectivity index (χ2v) is 10.4. The zero-order chi connectivity index (χ0) is 24.6. The molecule has 0 radical (unpaired) electrons. The number of aromatic amines is 1. The lowest BCUT2D eigenvalue weighted by Gasteiger charge is -2.43. The van der Waals surface area contributed by atoms with Crippen LogP contribution < -0.4 is 9.80 Å². The lowest BCUT2D eigenvalue weighted by Crippen LogP contribution is -2.51. The highest BCUT2D eigenvalue weighted by Gasteiger charge is 2.32. The summed E-state index contributed by atoms with van der Waals surface area (Å²) in [5, 5.41) is 6.64. The van der Waals surface area contributed by atoms with Crippen molar-refractivity contribution < 1.29 is 0 Å². The van der Waals surface area contributed by atoms with Crippen LogP contribution in [0.4, 0.5) is 11.6 Å². The Bertz CT molecular complexity index is 1500. The van der Waals surface area contributed by atoms with Crippen LogP contribution in [0, 0.1) is 12.8 Å². The number of anilines is 2. The number of hydrogen-bond acceptors (Lipinski definition) is 8. The standard InChI is InChI=1S/C26H29N9S/c1-17-10-12-34(14-21(17)33(3)24-20-9-11-27-23(20)28-16-29-24)22-13-18(2)30-25-31-26(32-35(22)25)36-15-19-7-5-4-6-8-19/h4-9,11,13,16-17,21H,10,12,14-15H2,1-3H3,(H,27,28,29)/t17-,21+/m1/s1.